The van der Waals surface area contributed by atoms with Crippen molar-refractivity contribution in [1.29, 1.82) is 0 Å². The van der Waals surface area contributed by atoms with E-state index >= 15 is 0 Å². The minimum Gasteiger partial charge on any atom is -0.397 e. The first-order chi connectivity index (χ1) is 13.1. The maximum absolute atomic E-state index is 12.6. The molecule has 0 aliphatic carbocycles. The van der Waals surface area contributed by atoms with Crippen LogP contribution < -0.4 is 10.6 Å². The normalized spacial score (nSPS) is 14.4. The molecule has 1 aliphatic rings. The third-order valence-corrected chi connectivity index (χ3v) is 5.26. The highest BCUT2D eigenvalue weighted by molar-refractivity contribution is 9.10. The van der Waals surface area contributed by atoms with E-state index in [1.54, 1.807) is 12.7 Å². The molecule has 0 radical (unpaired) electrons. The van der Waals surface area contributed by atoms with Gasteiger partial charge in [0, 0.05) is 36.2 Å². The molecule has 1 fully saturated rings. The Labute approximate surface area is 165 Å². The number of carbonyl (C=O) groups excluding carboxylic acids is 1. The second-order valence-corrected chi connectivity index (χ2v) is 7.31. The summed E-state index contributed by atoms with van der Waals surface area (Å²) in [6.45, 7) is 2.83. The summed E-state index contributed by atoms with van der Waals surface area (Å²) in [5.41, 5.74) is 9.60. The van der Waals surface area contributed by atoms with E-state index in [2.05, 4.69) is 31.0 Å². The molecule has 2 heterocycles. The molecule has 2 N–H and O–H groups in total. The maximum atomic E-state index is 12.6. The number of nitrogen functional groups attached to an aromatic ring is 1. The number of rotatable bonds is 3. The highest BCUT2D eigenvalue weighted by Crippen LogP contribution is 2.27. The van der Waals surface area contributed by atoms with E-state index in [1.165, 1.54) is 0 Å². The zero-order valence-electron chi connectivity index (χ0n) is 14.6. The first-order valence-electron chi connectivity index (χ1n) is 8.66. The Morgan fingerprint density at radius 1 is 0.963 bits per heavy atom. The number of benzene rings is 2. The molecule has 2 aromatic carbocycles. The lowest BCUT2D eigenvalue weighted by Crippen LogP contribution is -2.49. The Morgan fingerprint density at radius 2 is 1.63 bits per heavy atom. The van der Waals surface area contributed by atoms with Gasteiger partial charge in [-0.2, -0.15) is 0 Å². The number of amides is 1. The fourth-order valence-corrected chi connectivity index (χ4v) is 3.51. The van der Waals surface area contributed by atoms with E-state index in [1.807, 2.05) is 51.9 Å². The fourth-order valence-electron chi connectivity index (χ4n) is 3.25. The number of anilines is 2. The van der Waals surface area contributed by atoms with E-state index < -0.39 is 0 Å². The van der Waals surface area contributed by atoms with Crippen LogP contribution in [0, 0.1) is 0 Å². The predicted molar refractivity (Wildman–Crippen MR) is 108 cm³/mol. The molecular weight excluding hydrogens is 408 g/mol. The van der Waals surface area contributed by atoms with Crippen LogP contribution in [-0.4, -0.2) is 51.8 Å². The molecule has 3 aromatic rings. The van der Waals surface area contributed by atoms with Crippen molar-refractivity contribution in [2.24, 2.45) is 0 Å². The molecule has 1 amide bonds. The summed E-state index contributed by atoms with van der Waals surface area (Å²) >= 11 is 3.40. The van der Waals surface area contributed by atoms with Gasteiger partial charge in [0.2, 0.25) is 0 Å². The molecule has 138 valence electrons. The van der Waals surface area contributed by atoms with Crippen molar-refractivity contribution in [1.82, 2.24) is 19.7 Å². The van der Waals surface area contributed by atoms with E-state index in [4.69, 9.17) is 5.73 Å². The van der Waals surface area contributed by atoms with Crippen molar-refractivity contribution in [3.05, 3.63) is 65.2 Å². The molecule has 27 heavy (non-hydrogen) atoms. The molecule has 4 rings (SSSR count). The molecule has 0 bridgehead atoms. The number of hydrogen-bond donors (Lipinski definition) is 1. The van der Waals surface area contributed by atoms with Gasteiger partial charge in [-0.25, -0.2) is 0 Å². The third kappa shape index (κ3) is 3.66. The lowest BCUT2D eigenvalue weighted by atomic mass is 10.1. The Morgan fingerprint density at radius 3 is 2.26 bits per heavy atom. The Kier molecular flexibility index (Phi) is 4.81. The van der Waals surface area contributed by atoms with E-state index in [0.29, 0.717) is 24.3 Å². The van der Waals surface area contributed by atoms with Gasteiger partial charge in [0.25, 0.3) is 5.91 Å². The minimum atomic E-state index is 0.0677. The standard InChI is InChI=1S/C19H19BrN6O/c20-15-3-1-14(2-4-15)19(27)25-9-7-24(8-10-25)18-6-5-16(11-17(18)21)26-12-22-23-13-26/h1-6,11-13H,7-10,21H2. The largest absolute Gasteiger partial charge is 0.397 e. The quantitative estimate of drug-likeness (QED) is 0.650. The summed E-state index contributed by atoms with van der Waals surface area (Å²) in [4.78, 5) is 16.8. The van der Waals surface area contributed by atoms with Crippen molar-refractivity contribution < 1.29 is 4.79 Å². The van der Waals surface area contributed by atoms with Crippen LogP contribution in [0.25, 0.3) is 5.69 Å². The Hall–Kier alpha value is -2.87. The molecule has 0 atom stereocenters. The molecule has 1 aromatic heterocycles. The van der Waals surface area contributed by atoms with Crippen LogP contribution in [-0.2, 0) is 0 Å². The van der Waals surface area contributed by atoms with Crippen LogP contribution in [0.4, 0.5) is 11.4 Å². The second kappa shape index (κ2) is 7.40. The molecule has 0 unspecified atom stereocenters. The van der Waals surface area contributed by atoms with Crippen LogP contribution in [0.5, 0.6) is 0 Å². The number of piperazine rings is 1. The van der Waals surface area contributed by atoms with Crippen LogP contribution in [0.3, 0.4) is 0 Å². The number of hydrogen-bond acceptors (Lipinski definition) is 5. The van der Waals surface area contributed by atoms with Crippen molar-refractivity contribution in [2.45, 2.75) is 0 Å². The van der Waals surface area contributed by atoms with Crippen LogP contribution in [0.15, 0.2) is 59.6 Å². The summed E-state index contributed by atoms with van der Waals surface area (Å²) in [5, 5.41) is 7.63. The summed E-state index contributed by atoms with van der Waals surface area (Å²) < 4.78 is 2.78. The first kappa shape index (κ1) is 17.5. The van der Waals surface area contributed by atoms with Gasteiger partial charge in [-0.05, 0) is 42.5 Å². The van der Waals surface area contributed by atoms with Gasteiger partial charge < -0.3 is 15.5 Å². The maximum Gasteiger partial charge on any atom is 0.253 e. The summed E-state index contributed by atoms with van der Waals surface area (Å²) in [5.74, 6) is 0.0677. The molecule has 1 aliphatic heterocycles. The number of nitrogens with two attached hydrogens (primary N) is 1. The Bertz CT molecular complexity index is 933. The number of nitrogens with zero attached hydrogens (tertiary/aromatic N) is 5. The second-order valence-electron chi connectivity index (χ2n) is 6.40. The van der Waals surface area contributed by atoms with Crippen molar-refractivity contribution >= 4 is 33.2 Å². The average molecular weight is 427 g/mol. The molecule has 0 saturated carbocycles. The molecule has 0 spiro atoms. The fraction of sp³-hybridized carbons (Fsp3) is 0.211. The van der Waals surface area contributed by atoms with Gasteiger partial charge in [-0.15, -0.1) is 10.2 Å². The van der Waals surface area contributed by atoms with Crippen molar-refractivity contribution in [3.63, 3.8) is 0 Å². The van der Waals surface area contributed by atoms with E-state index in [0.717, 1.165) is 28.9 Å². The molecular formula is C19H19BrN6O. The van der Waals surface area contributed by atoms with Crippen LogP contribution >= 0.6 is 15.9 Å². The van der Waals surface area contributed by atoms with Gasteiger partial charge >= 0.3 is 0 Å². The number of carbonyl (C=O) groups is 1. The topological polar surface area (TPSA) is 80.3 Å². The predicted octanol–water partition coefficient (Wildman–Crippen LogP) is 2.57. The highest BCUT2D eigenvalue weighted by atomic mass is 79.9. The number of halogens is 1. The van der Waals surface area contributed by atoms with Crippen LogP contribution in [0.2, 0.25) is 0 Å². The van der Waals surface area contributed by atoms with Gasteiger partial charge in [-0.3, -0.25) is 9.36 Å². The summed E-state index contributed by atoms with van der Waals surface area (Å²) in [7, 11) is 0. The van der Waals surface area contributed by atoms with Gasteiger partial charge in [0.15, 0.2) is 0 Å². The minimum absolute atomic E-state index is 0.0677. The summed E-state index contributed by atoms with van der Waals surface area (Å²) in [6, 6.07) is 13.4. The van der Waals surface area contributed by atoms with E-state index in [-0.39, 0.29) is 5.91 Å². The van der Waals surface area contributed by atoms with Crippen molar-refractivity contribution in [3.8, 4) is 5.69 Å². The smallest absolute Gasteiger partial charge is 0.253 e. The van der Waals surface area contributed by atoms with Gasteiger partial charge in [-0.1, -0.05) is 15.9 Å². The summed E-state index contributed by atoms with van der Waals surface area (Å²) in [6.07, 6.45) is 3.28. The zero-order valence-corrected chi connectivity index (χ0v) is 16.2. The lowest BCUT2D eigenvalue weighted by molar-refractivity contribution is 0.0747. The SMILES string of the molecule is Nc1cc(-n2cnnc2)ccc1N1CCN(C(=O)c2ccc(Br)cc2)CC1. The third-order valence-electron chi connectivity index (χ3n) is 4.73. The molecule has 1 saturated heterocycles. The van der Waals surface area contributed by atoms with Gasteiger partial charge in [0.1, 0.15) is 12.7 Å². The number of aromatic nitrogens is 3. The monoisotopic (exact) mass is 426 g/mol. The molecule has 8 heteroatoms. The zero-order chi connectivity index (χ0) is 18.8. The Balaban J connectivity index is 1.43. The highest BCUT2D eigenvalue weighted by Gasteiger charge is 2.23. The lowest BCUT2D eigenvalue weighted by Gasteiger charge is -2.36. The van der Waals surface area contributed by atoms with Crippen molar-refractivity contribution in [2.75, 3.05) is 36.8 Å². The van der Waals surface area contributed by atoms with E-state index in [9.17, 15) is 4.79 Å². The first-order valence-corrected chi connectivity index (χ1v) is 9.45. The molecule has 7 nitrogen and oxygen atoms in total. The van der Waals surface area contributed by atoms with Gasteiger partial charge in [0.05, 0.1) is 17.1 Å². The average Bonchev–Trinajstić information content (AvgIpc) is 3.23. The van der Waals surface area contributed by atoms with Crippen LogP contribution in [0.1, 0.15) is 10.4 Å².